The Hall–Kier alpha value is -0.120. The van der Waals surface area contributed by atoms with E-state index < -0.39 is 0 Å². The van der Waals surface area contributed by atoms with Gasteiger partial charge in [-0.15, -0.1) is 0 Å². The number of rotatable bonds is 4. The zero-order valence-corrected chi connectivity index (χ0v) is 11.5. The molecule has 2 aliphatic rings. The lowest BCUT2D eigenvalue weighted by molar-refractivity contribution is -0.00184. The molecule has 2 atom stereocenters. The zero-order valence-electron chi connectivity index (χ0n) is 11.5. The fourth-order valence-corrected chi connectivity index (χ4v) is 3.75. The second-order valence-electron chi connectivity index (χ2n) is 5.61. The van der Waals surface area contributed by atoms with Crippen LogP contribution in [0.25, 0.3) is 0 Å². The molecule has 1 N–H and O–H groups in total. The number of nitrogens with zero attached hydrogens (tertiary/aromatic N) is 1. The summed E-state index contributed by atoms with van der Waals surface area (Å²) in [5.74, 6) is 0. The van der Waals surface area contributed by atoms with E-state index in [0.717, 1.165) is 13.2 Å². The summed E-state index contributed by atoms with van der Waals surface area (Å²) >= 11 is 0. The Morgan fingerprint density at radius 3 is 2.82 bits per heavy atom. The van der Waals surface area contributed by atoms with Crippen molar-refractivity contribution in [2.45, 2.75) is 57.0 Å². The summed E-state index contributed by atoms with van der Waals surface area (Å²) < 4.78 is 5.54. The molecule has 0 radical (unpaired) electrons. The topological polar surface area (TPSA) is 24.5 Å². The molecular weight excluding hydrogens is 212 g/mol. The number of nitrogens with one attached hydrogen (secondary N) is 1. The lowest BCUT2D eigenvalue weighted by Gasteiger charge is -2.50. The van der Waals surface area contributed by atoms with Gasteiger partial charge >= 0.3 is 0 Å². The number of likely N-dealkylation sites (N-methyl/N-ethyl adjacent to an activating group) is 1. The van der Waals surface area contributed by atoms with Crippen molar-refractivity contribution < 1.29 is 4.74 Å². The Kier molecular flexibility index (Phi) is 4.83. The van der Waals surface area contributed by atoms with Crippen molar-refractivity contribution >= 4 is 0 Å². The maximum Gasteiger partial charge on any atom is 0.0659 e. The number of hydrogen-bond acceptors (Lipinski definition) is 3. The standard InChI is InChI=1S/C14H28N2O/c1-3-16-11-7-4-8-13(16)14(12-17-2)9-5-6-10-15-14/h13,15H,3-12H2,1-2H3. The molecule has 0 amide bonds. The van der Waals surface area contributed by atoms with Gasteiger partial charge in [0.05, 0.1) is 12.1 Å². The molecule has 2 fully saturated rings. The number of likely N-dealkylation sites (tertiary alicyclic amines) is 1. The van der Waals surface area contributed by atoms with Gasteiger partial charge in [-0.1, -0.05) is 19.8 Å². The fraction of sp³-hybridized carbons (Fsp3) is 1.00. The summed E-state index contributed by atoms with van der Waals surface area (Å²) in [6.45, 7) is 6.78. The summed E-state index contributed by atoms with van der Waals surface area (Å²) in [5.41, 5.74) is 0.226. The SMILES string of the molecule is CCN1CCCCC1C1(COC)CCCCN1. The summed E-state index contributed by atoms with van der Waals surface area (Å²) in [7, 11) is 1.84. The second-order valence-corrected chi connectivity index (χ2v) is 5.61. The zero-order chi connectivity index (χ0) is 12.1. The first-order chi connectivity index (χ1) is 8.32. The molecule has 0 aliphatic carbocycles. The Balaban J connectivity index is 2.11. The molecule has 2 aliphatic heterocycles. The molecule has 3 nitrogen and oxygen atoms in total. The second kappa shape index (κ2) is 6.17. The third kappa shape index (κ3) is 2.83. The first-order valence-electron chi connectivity index (χ1n) is 7.30. The molecule has 100 valence electrons. The third-order valence-corrected chi connectivity index (χ3v) is 4.59. The molecular formula is C14H28N2O. The smallest absolute Gasteiger partial charge is 0.0659 e. The van der Waals surface area contributed by atoms with Gasteiger partial charge in [-0.25, -0.2) is 0 Å². The van der Waals surface area contributed by atoms with Gasteiger partial charge in [0.2, 0.25) is 0 Å². The lowest BCUT2D eigenvalue weighted by Crippen LogP contribution is -2.65. The van der Waals surface area contributed by atoms with Crippen molar-refractivity contribution in [3.8, 4) is 0 Å². The number of piperidine rings is 2. The number of ether oxygens (including phenoxy) is 1. The third-order valence-electron chi connectivity index (χ3n) is 4.59. The molecule has 0 aromatic rings. The minimum atomic E-state index is 0.226. The highest BCUT2D eigenvalue weighted by Gasteiger charge is 2.42. The molecule has 17 heavy (non-hydrogen) atoms. The van der Waals surface area contributed by atoms with E-state index in [1.54, 1.807) is 0 Å². The Bertz CT molecular complexity index is 221. The average molecular weight is 240 g/mol. The van der Waals surface area contributed by atoms with Gasteiger partial charge in [-0.2, -0.15) is 0 Å². The molecule has 0 spiro atoms. The van der Waals surface area contributed by atoms with E-state index in [0.29, 0.717) is 6.04 Å². The van der Waals surface area contributed by atoms with Gasteiger partial charge in [0, 0.05) is 13.2 Å². The minimum Gasteiger partial charge on any atom is -0.383 e. The minimum absolute atomic E-state index is 0.226. The van der Waals surface area contributed by atoms with E-state index in [4.69, 9.17) is 4.74 Å². The highest BCUT2D eigenvalue weighted by Crippen LogP contribution is 2.32. The van der Waals surface area contributed by atoms with Crippen LogP contribution in [0.3, 0.4) is 0 Å². The number of methoxy groups -OCH3 is 1. The van der Waals surface area contributed by atoms with Crippen LogP contribution >= 0.6 is 0 Å². The van der Waals surface area contributed by atoms with Crippen LogP contribution in [0.15, 0.2) is 0 Å². The van der Waals surface area contributed by atoms with E-state index in [2.05, 4.69) is 17.1 Å². The van der Waals surface area contributed by atoms with E-state index >= 15 is 0 Å². The van der Waals surface area contributed by atoms with Crippen LogP contribution < -0.4 is 5.32 Å². The van der Waals surface area contributed by atoms with Crippen LogP contribution in [-0.2, 0) is 4.74 Å². The largest absolute Gasteiger partial charge is 0.383 e. The first kappa shape index (κ1) is 13.3. The molecule has 3 heteroatoms. The quantitative estimate of drug-likeness (QED) is 0.813. The van der Waals surface area contributed by atoms with Gasteiger partial charge in [-0.05, 0) is 45.3 Å². The normalized spacial score (nSPS) is 36.0. The van der Waals surface area contributed by atoms with Gasteiger partial charge in [0.1, 0.15) is 0 Å². The highest BCUT2D eigenvalue weighted by atomic mass is 16.5. The molecule has 2 unspecified atom stereocenters. The van der Waals surface area contributed by atoms with Crippen LogP contribution in [0, 0.1) is 0 Å². The number of hydrogen-bond donors (Lipinski definition) is 1. The van der Waals surface area contributed by atoms with Gasteiger partial charge in [0.15, 0.2) is 0 Å². The average Bonchev–Trinajstić information content (AvgIpc) is 2.40. The fourth-order valence-electron chi connectivity index (χ4n) is 3.75. The summed E-state index contributed by atoms with van der Waals surface area (Å²) in [6.07, 6.45) is 8.04. The summed E-state index contributed by atoms with van der Waals surface area (Å²) in [6, 6.07) is 0.682. The van der Waals surface area contributed by atoms with Crippen LogP contribution in [0.5, 0.6) is 0 Å². The first-order valence-corrected chi connectivity index (χ1v) is 7.30. The highest BCUT2D eigenvalue weighted by molar-refractivity contribution is 5.02. The van der Waals surface area contributed by atoms with Crippen LogP contribution in [0.4, 0.5) is 0 Å². The molecule has 0 aromatic carbocycles. The predicted octanol–water partition coefficient (Wildman–Crippen LogP) is 2.02. The molecule has 0 aromatic heterocycles. The van der Waals surface area contributed by atoms with Crippen molar-refractivity contribution in [3.63, 3.8) is 0 Å². The van der Waals surface area contributed by atoms with Gasteiger partial charge in [-0.3, -0.25) is 4.90 Å². The van der Waals surface area contributed by atoms with Crippen molar-refractivity contribution in [2.75, 3.05) is 33.4 Å². The monoisotopic (exact) mass is 240 g/mol. The Labute approximate surface area is 106 Å². The Morgan fingerprint density at radius 2 is 2.18 bits per heavy atom. The molecule has 0 bridgehead atoms. The van der Waals surface area contributed by atoms with Crippen molar-refractivity contribution in [1.82, 2.24) is 10.2 Å². The molecule has 2 heterocycles. The molecule has 2 saturated heterocycles. The maximum atomic E-state index is 5.54. The molecule has 2 rings (SSSR count). The lowest BCUT2D eigenvalue weighted by atomic mass is 9.78. The predicted molar refractivity (Wildman–Crippen MR) is 71.3 cm³/mol. The van der Waals surface area contributed by atoms with E-state index in [9.17, 15) is 0 Å². The summed E-state index contributed by atoms with van der Waals surface area (Å²) in [5, 5.41) is 3.80. The van der Waals surface area contributed by atoms with Crippen LogP contribution in [0.2, 0.25) is 0 Å². The van der Waals surface area contributed by atoms with Crippen molar-refractivity contribution in [2.24, 2.45) is 0 Å². The molecule has 0 saturated carbocycles. The van der Waals surface area contributed by atoms with Crippen molar-refractivity contribution in [3.05, 3.63) is 0 Å². The van der Waals surface area contributed by atoms with Gasteiger partial charge in [0.25, 0.3) is 0 Å². The van der Waals surface area contributed by atoms with E-state index in [1.165, 1.54) is 51.6 Å². The summed E-state index contributed by atoms with van der Waals surface area (Å²) in [4.78, 5) is 2.67. The van der Waals surface area contributed by atoms with Crippen molar-refractivity contribution in [1.29, 1.82) is 0 Å². The van der Waals surface area contributed by atoms with Gasteiger partial charge < -0.3 is 10.1 Å². The maximum absolute atomic E-state index is 5.54. The Morgan fingerprint density at radius 1 is 1.29 bits per heavy atom. The van der Waals surface area contributed by atoms with Crippen LogP contribution in [0.1, 0.15) is 45.4 Å². The van der Waals surface area contributed by atoms with E-state index in [-0.39, 0.29) is 5.54 Å². The van der Waals surface area contributed by atoms with Crippen LogP contribution in [-0.4, -0.2) is 49.8 Å². The van der Waals surface area contributed by atoms with E-state index in [1.807, 2.05) is 7.11 Å².